The lowest BCUT2D eigenvalue weighted by Gasteiger charge is -2.33. The summed E-state index contributed by atoms with van der Waals surface area (Å²) < 4.78 is 8.33. The molecule has 1 atom stereocenters. The number of anilines is 1. The molecule has 0 saturated carbocycles. The molecular weight excluding hydrogens is 450 g/mol. The lowest BCUT2D eigenvalue weighted by atomic mass is 10.0. The number of halogens is 1. The van der Waals surface area contributed by atoms with E-state index in [1.54, 1.807) is 6.92 Å². The normalized spacial score (nSPS) is 16.4. The van der Waals surface area contributed by atoms with Crippen LogP contribution in [-0.2, 0) is 14.3 Å². The summed E-state index contributed by atoms with van der Waals surface area (Å²) in [6.45, 7) is 1.29. The van der Waals surface area contributed by atoms with Gasteiger partial charge in [-0.2, -0.15) is 4.68 Å². The molecule has 1 aromatic carbocycles. The molecule has 4 rings (SSSR count). The van der Waals surface area contributed by atoms with Crippen LogP contribution in [0.25, 0.3) is 10.1 Å². The Kier molecular flexibility index (Phi) is 4.63. The van der Waals surface area contributed by atoms with Crippen molar-refractivity contribution in [3.8, 4) is 0 Å². The Hall–Kier alpha value is -2.79. The lowest BCUT2D eigenvalue weighted by molar-refractivity contribution is -0.137. The van der Waals surface area contributed by atoms with E-state index in [9.17, 15) is 14.7 Å². The van der Waals surface area contributed by atoms with Gasteiger partial charge in [0, 0.05) is 25.1 Å². The number of nitrogens with zero attached hydrogens (tertiary/aromatic N) is 5. The summed E-state index contributed by atoms with van der Waals surface area (Å²) in [7, 11) is 1.29. The van der Waals surface area contributed by atoms with E-state index in [4.69, 9.17) is 4.74 Å². The number of hydrogen-bond donors (Lipinski definition) is 1. The Balaban J connectivity index is 1.99. The van der Waals surface area contributed by atoms with Crippen LogP contribution in [-0.4, -0.2) is 50.9 Å². The van der Waals surface area contributed by atoms with Gasteiger partial charge in [-0.15, -0.1) is 11.3 Å². The molecule has 0 spiro atoms. The van der Waals surface area contributed by atoms with E-state index in [2.05, 4.69) is 31.5 Å². The zero-order chi connectivity index (χ0) is 20.0. The van der Waals surface area contributed by atoms with Crippen LogP contribution in [0.5, 0.6) is 0 Å². The Morgan fingerprint density at radius 2 is 2.11 bits per heavy atom. The Morgan fingerprint density at radius 3 is 2.79 bits per heavy atom. The second kappa shape index (κ2) is 6.99. The van der Waals surface area contributed by atoms with Gasteiger partial charge in [0.25, 0.3) is 5.95 Å². The number of rotatable bonds is 4. The monoisotopic (exact) mass is 463 g/mol. The fourth-order valence-corrected chi connectivity index (χ4v) is 5.42. The predicted molar refractivity (Wildman–Crippen MR) is 105 cm³/mol. The van der Waals surface area contributed by atoms with Gasteiger partial charge in [-0.25, -0.2) is 4.79 Å². The summed E-state index contributed by atoms with van der Waals surface area (Å²) >= 11 is 5.15. The Labute approximate surface area is 171 Å². The van der Waals surface area contributed by atoms with Crippen molar-refractivity contribution in [1.29, 1.82) is 0 Å². The fourth-order valence-electron chi connectivity index (χ4n) is 3.29. The van der Waals surface area contributed by atoms with Crippen molar-refractivity contribution in [2.75, 3.05) is 18.6 Å². The van der Waals surface area contributed by atoms with Crippen molar-refractivity contribution >= 4 is 55.2 Å². The summed E-state index contributed by atoms with van der Waals surface area (Å²) in [6, 6.07) is 7.20. The highest BCUT2D eigenvalue weighted by Crippen LogP contribution is 2.46. The van der Waals surface area contributed by atoms with Gasteiger partial charge in [0.05, 0.1) is 12.7 Å². The molecule has 0 saturated heterocycles. The van der Waals surface area contributed by atoms with Gasteiger partial charge >= 0.3 is 11.9 Å². The molecule has 1 unspecified atom stereocenters. The zero-order valence-electron chi connectivity index (χ0n) is 14.8. The van der Waals surface area contributed by atoms with Gasteiger partial charge in [0.15, 0.2) is 0 Å². The number of aliphatic carboxylic acids is 1. The number of carbonyl (C=O) groups is 2. The molecule has 1 aliphatic rings. The van der Waals surface area contributed by atoms with Crippen LogP contribution in [0.1, 0.15) is 17.8 Å². The number of carbonyl (C=O) groups excluding carboxylic acids is 1. The summed E-state index contributed by atoms with van der Waals surface area (Å²) in [5, 5.41) is 22.0. The van der Waals surface area contributed by atoms with E-state index >= 15 is 0 Å². The van der Waals surface area contributed by atoms with E-state index in [-0.39, 0.29) is 18.1 Å². The maximum absolute atomic E-state index is 12.7. The Bertz CT molecular complexity index is 1140. The molecule has 144 valence electrons. The molecule has 3 aromatic rings. The van der Waals surface area contributed by atoms with Gasteiger partial charge in [-0.3, -0.25) is 4.79 Å². The van der Waals surface area contributed by atoms with Crippen molar-refractivity contribution in [1.82, 2.24) is 20.2 Å². The minimum absolute atomic E-state index is 0.252. The summed E-state index contributed by atoms with van der Waals surface area (Å²) in [4.78, 5) is 26.3. The molecule has 0 radical (unpaired) electrons. The number of methoxy groups -OCH3 is 1. The number of fused-ring (bicyclic) bond motifs is 2. The first kappa shape index (κ1) is 18.6. The number of tetrazole rings is 1. The molecule has 11 heteroatoms. The first-order valence-electron chi connectivity index (χ1n) is 8.17. The van der Waals surface area contributed by atoms with Crippen LogP contribution in [0.4, 0.5) is 5.95 Å². The standard InChI is InChI=1S/C17H14BrN5O4S/c1-8-12(16(26)27-2)14(15-13(18)9-5-3-4-6-10(9)28-15)23-17(19-20-21-23)22(8)7-11(24)25/h3-6,14H,7H2,1-2H3,(H,24,25). The fraction of sp³-hybridized carbons (Fsp3) is 0.235. The smallest absolute Gasteiger partial charge is 0.338 e. The van der Waals surface area contributed by atoms with Crippen molar-refractivity contribution in [2.24, 2.45) is 0 Å². The predicted octanol–water partition coefficient (Wildman–Crippen LogP) is 2.59. The molecule has 1 aliphatic heterocycles. The van der Waals surface area contributed by atoms with Crippen LogP contribution in [0, 0.1) is 0 Å². The highest BCUT2D eigenvalue weighted by molar-refractivity contribution is 9.10. The number of ether oxygens (including phenoxy) is 1. The maximum Gasteiger partial charge on any atom is 0.338 e. The quantitative estimate of drug-likeness (QED) is 0.587. The summed E-state index contributed by atoms with van der Waals surface area (Å²) in [5.41, 5.74) is 0.724. The van der Waals surface area contributed by atoms with Crippen LogP contribution >= 0.6 is 27.3 Å². The third-order valence-corrected chi connectivity index (χ3v) is 6.88. The number of aromatic nitrogens is 4. The van der Waals surface area contributed by atoms with E-state index in [1.807, 2.05) is 24.3 Å². The van der Waals surface area contributed by atoms with Gasteiger partial charge in [-0.1, -0.05) is 23.3 Å². The van der Waals surface area contributed by atoms with Crippen LogP contribution < -0.4 is 4.90 Å². The van der Waals surface area contributed by atoms with Crippen molar-refractivity contribution in [3.63, 3.8) is 0 Å². The molecule has 28 heavy (non-hydrogen) atoms. The summed E-state index contributed by atoms with van der Waals surface area (Å²) in [5.74, 6) is -1.38. The number of carboxylic acid groups (broad SMARTS) is 1. The number of carboxylic acids is 1. The molecule has 3 heterocycles. The number of hydrogen-bond acceptors (Lipinski definition) is 8. The maximum atomic E-state index is 12.7. The van der Waals surface area contributed by atoms with Gasteiger partial charge < -0.3 is 14.7 Å². The Morgan fingerprint density at radius 1 is 1.36 bits per heavy atom. The van der Waals surface area contributed by atoms with E-state index in [1.165, 1.54) is 28.0 Å². The minimum Gasteiger partial charge on any atom is -0.480 e. The molecular formula is C17H14BrN5O4S. The summed E-state index contributed by atoms with van der Waals surface area (Å²) in [6.07, 6.45) is 0. The zero-order valence-corrected chi connectivity index (χ0v) is 17.2. The second-order valence-electron chi connectivity index (χ2n) is 6.07. The molecule has 9 nitrogen and oxygen atoms in total. The molecule has 0 aliphatic carbocycles. The van der Waals surface area contributed by atoms with Gasteiger partial charge in [-0.05, 0) is 39.3 Å². The highest BCUT2D eigenvalue weighted by atomic mass is 79.9. The van der Waals surface area contributed by atoms with Crippen molar-refractivity contribution < 1.29 is 19.4 Å². The average Bonchev–Trinajstić information content (AvgIpc) is 3.28. The van der Waals surface area contributed by atoms with Crippen LogP contribution in [0.3, 0.4) is 0 Å². The van der Waals surface area contributed by atoms with Gasteiger partial charge in [0.2, 0.25) is 0 Å². The number of thiophene rings is 1. The SMILES string of the molecule is COC(=O)C1=C(C)N(CC(=O)O)c2nnnn2C1c1sc2ccccc2c1Br. The first-order chi connectivity index (χ1) is 13.4. The lowest BCUT2D eigenvalue weighted by Crippen LogP contribution is -2.39. The third kappa shape index (κ3) is 2.78. The molecule has 0 fully saturated rings. The molecule has 1 N–H and O–H groups in total. The van der Waals surface area contributed by atoms with E-state index < -0.39 is 18.0 Å². The number of allylic oxidation sites excluding steroid dienone is 1. The minimum atomic E-state index is -1.07. The topological polar surface area (TPSA) is 110 Å². The largest absolute Gasteiger partial charge is 0.480 e. The van der Waals surface area contributed by atoms with E-state index in [0.29, 0.717) is 5.70 Å². The van der Waals surface area contributed by atoms with Crippen molar-refractivity contribution in [2.45, 2.75) is 13.0 Å². The van der Waals surface area contributed by atoms with Crippen LogP contribution in [0.2, 0.25) is 0 Å². The molecule has 2 aromatic heterocycles. The highest BCUT2D eigenvalue weighted by Gasteiger charge is 2.40. The number of benzene rings is 1. The molecule has 0 bridgehead atoms. The first-order valence-corrected chi connectivity index (χ1v) is 9.78. The molecule has 0 amide bonds. The third-order valence-electron chi connectivity index (χ3n) is 4.54. The van der Waals surface area contributed by atoms with E-state index in [0.717, 1.165) is 19.4 Å². The second-order valence-corrected chi connectivity index (χ2v) is 7.95. The average molecular weight is 464 g/mol. The number of esters is 1. The van der Waals surface area contributed by atoms with Crippen LogP contribution in [0.15, 0.2) is 40.0 Å². The van der Waals surface area contributed by atoms with Gasteiger partial charge in [0.1, 0.15) is 12.6 Å². The van der Waals surface area contributed by atoms with Crippen molar-refractivity contribution in [3.05, 3.63) is 44.9 Å².